The number of carbonyl (C=O) groups is 2. The summed E-state index contributed by atoms with van der Waals surface area (Å²) >= 11 is 0. The number of anilines is 1. The Morgan fingerprint density at radius 2 is 1.78 bits per heavy atom. The first-order valence-corrected chi connectivity index (χ1v) is 8.50. The van der Waals surface area contributed by atoms with E-state index < -0.39 is 0 Å². The van der Waals surface area contributed by atoms with Crippen molar-refractivity contribution >= 4 is 17.6 Å². The van der Waals surface area contributed by atoms with Gasteiger partial charge < -0.3 is 10.1 Å². The lowest BCUT2D eigenvalue weighted by atomic mass is 9.80. The second-order valence-corrected chi connectivity index (χ2v) is 6.79. The van der Waals surface area contributed by atoms with Crippen molar-refractivity contribution in [2.45, 2.75) is 59.0 Å². The van der Waals surface area contributed by atoms with Gasteiger partial charge in [-0.1, -0.05) is 31.5 Å². The average Bonchev–Trinajstić information content (AvgIpc) is 2.51. The Morgan fingerprint density at radius 1 is 1.09 bits per heavy atom. The van der Waals surface area contributed by atoms with Crippen LogP contribution in [0.4, 0.5) is 5.69 Å². The lowest BCUT2D eigenvalue weighted by Gasteiger charge is -2.31. The highest BCUT2D eigenvalue weighted by Gasteiger charge is 2.27. The van der Waals surface area contributed by atoms with E-state index >= 15 is 0 Å². The minimum atomic E-state index is -0.268. The first-order chi connectivity index (χ1) is 10.9. The van der Waals surface area contributed by atoms with Crippen molar-refractivity contribution in [1.82, 2.24) is 0 Å². The zero-order valence-corrected chi connectivity index (χ0v) is 14.3. The van der Waals surface area contributed by atoms with Gasteiger partial charge in [0.1, 0.15) is 6.10 Å². The highest BCUT2D eigenvalue weighted by molar-refractivity contribution is 5.92. The lowest BCUT2D eigenvalue weighted by Crippen LogP contribution is -2.29. The molecular formula is C19H27NO3. The molecule has 1 aliphatic rings. The van der Waals surface area contributed by atoms with Crippen LogP contribution in [-0.4, -0.2) is 18.0 Å². The normalized spacial score (nSPS) is 24.0. The largest absolute Gasteiger partial charge is 0.462 e. The molecule has 126 valence electrons. The Morgan fingerprint density at radius 3 is 2.43 bits per heavy atom. The van der Waals surface area contributed by atoms with Crippen LogP contribution in [0.5, 0.6) is 0 Å². The van der Waals surface area contributed by atoms with E-state index in [1.807, 2.05) is 31.2 Å². The van der Waals surface area contributed by atoms with Gasteiger partial charge in [-0.05, 0) is 50.2 Å². The second kappa shape index (κ2) is 8.14. The number of esters is 1. The average molecular weight is 317 g/mol. The van der Waals surface area contributed by atoms with Crippen molar-refractivity contribution in [2.75, 3.05) is 5.32 Å². The first-order valence-electron chi connectivity index (χ1n) is 8.50. The molecule has 1 aliphatic carbocycles. The standard InChI is InChI=1S/C19H27NO3/c1-13-4-7-16(8-5-13)20-18(21)10-11-19(22)23-17-9-6-14(2)15(3)12-17/h4-5,7-8,14-15,17H,6,9-12H2,1-3H3,(H,20,21)/t14-,15+,17-/m1/s1. The Labute approximate surface area is 138 Å². The number of amides is 1. The molecule has 0 aromatic heterocycles. The van der Waals surface area contributed by atoms with Crippen LogP contribution in [0, 0.1) is 18.8 Å². The van der Waals surface area contributed by atoms with E-state index in [0.717, 1.165) is 30.5 Å². The predicted octanol–water partition coefficient (Wildman–Crippen LogP) is 4.08. The third kappa shape index (κ3) is 5.70. The number of nitrogens with one attached hydrogen (secondary N) is 1. The molecule has 0 aliphatic heterocycles. The van der Waals surface area contributed by atoms with Gasteiger partial charge in [-0.15, -0.1) is 0 Å². The fourth-order valence-electron chi connectivity index (χ4n) is 2.93. The van der Waals surface area contributed by atoms with Crippen molar-refractivity contribution in [3.05, 3.63) is 29.8 Å². The van der Waals surface area contributed by atoms with Gasteiger partial charge in [0, 0.05) is 12.1 Å². The Kier molecular flexibility index (Phi) is 6.20. The van der Waals surface area contributed by atoms with Gasteiger partial charge in [0.25, 0.3) is 0 Å². The van der Waals surface area contributed by atoms with Crippen LogP contribution < -0.4 is 5.32 Å². The fraction of sp³-hybridized carbons (Fsp3) is 0.579. The summed E-state index contributed by atoms with van der Waals surface area (Å²) in [4.78, 5) is 23.8. The van der Waals surface area contributed by atoms with E-state index in [1.54, 1.807) is 0 Å². The Hall–Kier alpha value is -1.84. The van der Waals surface area contributed by atoms with Crippen molar-refractivity contribution in [2.24, 2.45) is 11.8 Å². The molecule has 0 heterocycles. The van der Waals surface area contributed by atoms with Crippen molar-refractivity contribution in [3.8, 4) is 0 Å². The Balaban J connectivity index is 1.69. The topological polar surface area (TPSA) is 55.4 Å². The molecule has 4 heteroatoms. The predicted molar refractivity (Wildman–Crippen MR) is 91.1 cm³/mol. The van der Waals surface area contributed by atoms with Gasteiger partial charge in [0.05, 0.1) is 6.42 Å². The van der Waals surface area contributed by atoms with Gasteiger partial charge in [-0.25, -0.2) is 0 Å². The smallest absolute Gasteiger partial charge is 0.306 e. The molecule has 1 amide bonds. The molecule has 0 unspecified atom stereocenters. The molecule has 4 nitrogen and oxygen atoms in total. The van der Waals surface area contributed by atoms with E-state index in [9.17, 15) is 9.59 Å². The van der Waals surface area contributed by atoms with Crippen LogP contribution in [-0.2, 0) is 14.3 Å². The number of hydrogen-bond acceptors (Lipinski definition) is 3. The van der Waals surface area contributed by atoms with E-state index in [2.05, 4.69) is 19.2 Å². The number of ether oxygens (including phenoxy) is 1. The van der Waals surface area contributed by atoms with Crippen LogP contribution in [0.3, 0.4) is 0 Å². The molecule has 0 saturated heterocycles. The zero-order chi connectivity index (χ0) is 16.8. The molecule has 1 fully saturated rings. The third-order valence-electron chi connectivity index (χ3n) is 4.74. The molecule has 2 rings (SSSR count). The van der Waals surface area contributed by atoms with E-state index in [1.165, 1.54) is 0 Å². The lowest BCUT2D eigenvalue weighted by molar-refractivity contribution is -0.152. The molecule has 0 spiro atoms. The van der Waals surface area contributed by atoms with E-state index in [0.29, 0.717) is 11.8 Å². The molecule has 1 N–H and O–H groups in total. The summed E-state index contributed by atoms with van der Waals surface area (Å²) in [6.45, 7) is 6.45. The van der Waals surface area contributed by atoms with Crippen LogP contribution in [0.2, 0.25) is 0 Å². The first kappa shape index (κ1) is 17.5. The molecule has 0 radical (unpaired) electrons. The number of rotatable bonds is 5. The zero-order valence-electron chi connectivity index (χ0n) is 14.3. The van der Waals surface area contributed by atoms with E-state index in [-0.39, 0.29) is 30.8 Å². The highest BCUT2D eigenvalue weighted by atomic mass is 16.5. The van der Waals surface area contributed by atoms with Crippen LogP contribution in [0.1, 0.15) is 51.5 Å². The molecule has 3 atom stereocenters. The molecular weight excluding hydrogens is 290 g/mol. The number of hydrogen-bond donors (Lipinski definition) is 1. The van der Waals surface area contributed by atoms with Crippen molar-refractivity contribution in [1.29, 1.82) is 0 Å². The maximum atomic E-state index is 11.9. The Bertz CT molecular complexity index is 538. The van der Waals surface area contributed by atoms with Gasteiger partial charge >= 0.3 is 5.97 Å². The third-order valence-corrected chi connectivity index (χ3v) is 4.74. The summed E-state index contributed by atoms with van der Waals surface area (Å²) in [7, 11) is 0. The highest BCUT2D eigenvalue weighted by Crippen LogP contribution is 2.31. The molecule has 0 bridgehead atoms. The monoisotopic (exact) mass is 317 g/mol. The van der Waals surface area contributed by atoms with Gasteiger partial charge in [0.15, 0.2) is 0 Å². The van der Waals surface area contributed by atoms with Crippen molar-refractivity contribution < 1.29 is 14.3 Å². The SMILES string of the molecule is Cc1ccc(NC(=O)CCC(=O)O[C@@H]2CC[C@@H](C)[C@@H](C)C2)cc1. The summed E-state index contributed by atoms with van der Waals surface area (Å²) in [5, 5.41) is 2.79. The van der Waals surface area contributed by atoms with Crippen molar-refractivity contribution in [3.63, 3.8) is 0 Å². The molecule has 1 saturated carbocycles. The second-order valence-electron chi connectivity index (χ2n) is 6.79. The van der Waals surface area contributed by atoms with Crippen LogP contribution in [0.25, 0.3) is 0 Å². The van der Waals surface area contributed by atoms with E-state index in [4.69, 9.17) is 4.74 Å². The van der Waals surface area contributed by atoms with Gasteiger partial charge in [0.2, 0.25) is 5.91 Å². The quantitative estimate of drug-likeness (QED) is 0.832. The summed E-state index contributed by atoms with van der Waals surface area (Å²) in [5.74, 6) is 0.865. The fourth-order valence-corrected chi connectivity index (χ4v) is 2.93. The van der Waals surface area contributed by atoms with Gasteiger partial charge in [-0.3, -0.25) is 9.59 Å². The molecule has 1 aromatic rings. The van der Waals surface area contributed by atoms with Crippen LogP contribution in [0.15, 0.2) is 24.3 Å². The number of benzene rings is 1. The number of carbonyl (C=O) groups excluding carboxylic acids is 2. The summed E-state index contributed by atoms with van der Waals surface area (Å²) in [6, 6.07) is 7.59. The summed E-state index contributed by atoms with van der Waals surface area (Å²) in [5.41, 5.74) is 1.90. The molecule has 23 heavy (non-hydrogen) atoms. The minimum Gasteiger partial charge on any atom is -0.462 e. The van der Waals surface area contributed by atoms with Gasteiger partial charge in [-0.2, -0.15) is 0 Å². The number of aryl methyl sites for hydroxylation is 1. The maximum absolute atomic E-state index is 11.9. The minimum absolute atomic E-state index is 0.0221. The summed E-state index contributed by atoms with van der Waals surface area (Å²) < 4.78 is 5.51. The van der Waals surface area contributed by atoms with Crippen LogP contribution >= 0.6 is 0 Å². The maximum Gasteiger partial charge on any atom is 0.306 e. The summed E-state index contributed by atoms with van der Waals surface area (Å²) in [6.07, 6.45) is 3.29. The molecule has 1 aromatic carbocycles.